The van der Waals surface area contributed by atoms with Crippen LogP contribution < -0.4 is 0 Å². The molecule has 28 heavy (non-hydrogen) atoms. The lowest BCUT2D eigenvalue weighted by atomic mass is 10.0. The van der Waals surface area contributed by atoms with Gasteiger partial charge in [-0.25, -0.2) is 9.67 Å². The summed E-state index contributed by atoms with van der Waals surface area (Å²) < 4.78 is 2.72. The van der Waals surface area contributed by atoms with E-state index in [1.807, 2.05) is 47.4 Å². The Kier molecular flexibility index (Phi) is 4.32. The maximum atomic E-state index is 13.4. The zero-order valence-electron chi connectivity index (χ0n) is 15.1. The fraction of sp³-hybridized carbons (Fsp3) is 0.250. The lowest BCUT2D eigenvalue weighted by molar-refractivity contribution is 0.0611. The van der Waals surface area contributed by atoms with Gasteiger partial charge in [-0.2, -0.15) is 0 Å². The van der Waals surface area contributed by atoms with Crippen molar-refractivity contribution in [1.82, 2.24) is 30.1 Å². The summed E-state index contributed by atoms with van der Waals surface area (Å²) in [5, 5.41) is 12.3. The highest BCUT2D eigenvalue weighted by molar-refractivity contribution is 7.18. The van der Waals surface area contributed by atoms with Crippen LogP contribution >= 0.6 is 11.3 Å². The minimum Gasteiger partial charge on any atom is -0.329 e. The van der Waals surface area contributed by atoms with E-state index in [9.17, 15) is 4.79 Å². The number of rotatable bonds is 3. The number of nitrogens with zero attached hydrogens (tertiary/aromatic N) is 6. The van der Waals surface area contributed by atoms with Crippen LogP contribution in [0.2, 0.25) is 0 Å². The number of thiazole rings is 1. The Morgan fingerprint density at radius 3 is 2.89 bits per heavy atom. The molecule has 1 fully saturated rings. The molecule has 3 heterocycles. The van der Waals surface area contributed by atoms with Gasteiger partial charge in [0.05, 0.1) is 21.9 Å². The lowest BCUT2D eigenvalue weighted by Crippen LogP contribution is -2.38. The number of likely N-dealkylation sites (tertiary alicyclic amines) is 1. The first-order valence-corrected chi connectivity index (χ1v) is 10.1. The highest BCUT2D eigenvalue weighted by atomic mass is 32.1. The minimum atomic E-state index is 0.0235. The molecule has 0 radical (unpaired) electrons. The maximum Gasteiger partial charge on any atom is 0.254 e. The van der Waals surface area contributed by atoms with Crippen LogP contribution in [0.1, 0.15) is 40.7 Å². The molecule has 2 aromatic carbocycles. The lowest BCUT2D eigenvalue weighted by Gasteiger charge is -2.34. The van der Waals surface area contributed by atoms with Crippen molar-refractivity contribution in [2.75, 3.05) is 6.54 Å². The van der Waals surface area contributed by atoms with Crippen molar-refractivity contribution in [3.05, 3.63) is 65.4 Å². The molecule has 0 N–H and O–H groups in total. The minimum absolute atomic E-state index is 0.0235. The van der Waals surface area contributed by atoms with E-state index in [4.69, 9.17) is 4.98 Å². The number of fused-ring (bicyclic) bond motifs is 1. The molecule has 0 saturated carbocycles. The molecule has 0 aliphatic carbocycles. The van der Waals surface area contributed by atoms with Gasteiger partial charge in [-0.3, -0.25) is 4.79 Å². The third-order valence-electron chi connectivity index (χ3n) is 5.07. The first kappa shape index (κ1) is 17.0. The Hall–Kier alpha value is -3.13. The average molecular weight is 390 g/mol. The summed E-state index contributed by atoms with van der Waals surface area (Å²) in [6.07, 6.45) is 4.58. The van der Waals surface area contributed by atoms with Crippen LogP contribution in [0.25, 0.3) is 15.9 Å². The SMILES string of the molecule is O=C(c1cccc(-n2cnnn2)c1)N1CCCC[C@H]1c1nc2ccccc2s1. The van der Waals surface area contributed by atoms with Gasteiger partial charge >= 0.3 is 0 Å². The van der Waals surface area contributed by atoms with E-state index >= 15 is 0 Å². The molecule has 4 aromatic rings. The van der Waals surface area contributed by atoms with Crippen molar-refractivity contribution in [3.8, 4) is 5.69 Å². The van der Waals surface area contributed by atoms with Gasteiger partial charge in [0.15, 0.2) is 0 Å². The van der Waals surface area contributed by atoms with Gasteiger partial charge < -0.3 is 4.90 Å². The van der Waals surface area contributed by atoms with E-state index in [1.165, 1.54) is 6.33 Å². The summed E-state index contributed by atoms with van der Waals surface area (Å²) in [6, 6.07) is 15.6. The zero-order chi connectivity index (χ0) is 18.9. The second-order valence-electron chi connectivity index (χ2n) is 6.83. The fourth-order valence-corrected chi connectivity index (χ4v) is 4.81. The number of para-hydroxylation sites is 1. The summed E-state index contributed by atoms with van der Waals surface area (Å²) in [6.45, 7) is 0.745. The first-order chi connectivity index (χ1) is 13.8. The second-order valence-corrected chi connectivity index (χ2v) is 7.90. The van der Waals surface area contributed by atoms with Gasteiger partial charge in [0.2, 0.25) is 0 Å². The number of hydrogen-bond donors (Lipinski definition) is 0. The Labute approximate surface area is 165 Å². The van der Waals surface area contributed by atoms with E-state index in [2.05, 4.69) is 21.6 Å². The molecule has 1 saturated heterocycles. The van der Waals surface area contributed by atoms with Crippen LogP contribution in [0.5, 0.6) is 0 Å². The molecule has 8 heteroatoms. The summed E-state index contributed by atoms with van der Waals surface area (Å²) in [7, 11) is 0. The predicted octanol–water partition coefficient (Wildman–Crippen LogP) is 3.64. The zero-order valence-corrected chi connectivity index (χ0v) is 15.9. The van der Waals surface area contributed by atoms with Gasteiger partial charge in [-0.1, -0.05) is 18.2 Å². The van der Waals surface area contributed by atoms with Gasteiger partial charge in [0.1, 0.15) is 11.3 Å². The third kappa shape index (κ3) is 3.05. The number of hydrogen-bond acceptors (Lipinski definition) is 6. The normalized spacial score (nSPS) is 17.1. The monoisotopic (exact) mass is 390 g/mol. The summed E-state index contributed by atoms with van der Waals surface area (Å²) in [5.74, 6) is 0.0267. The van der Waals surface area contributed by atoms with Crippen molar-refractivity contribution < 1.29 is 4.79 Å². The predicted molar refractivity (Wildman–Crippen MR) is 106 cm³/mol. The van der Waals surface area contributed by atoms with Gasteiger partial charge in [-0.15, -0.1) is 16.4 Å². The molecule has 0 spiro atoms. The number of aromatic nitrogens is 5. The molecule has 5 rings (SSSR count). The van der Waals surface area contributed by atoms with Crippen LogP contribution in [0.4, 0.5) is 0 Å². The summed E-state index contributed by atoms with van der Waals surface area (Å²) in [5.41, 5.74) is 2.41. The summed E-state index contributed by atoms with van der Waals surface area (Å²) >= 11 is 1.69. The van der Waals surface area contributed by atoms with E-state index in [0.717, 1.165) is 46.7 Å². The molecule has 7 nitrogen and oxygen atoms in total. The van der Waals surface area contributed by atoms with Crippen LogP contribution in [0.3, 0.4) is 0 Å². The highest BCUT2D eigenvalue weighted by Gasteiger charge is 2.31. The first-order valence-electron chi connectivity index (χ1n) is 9.29. The molecular weight excluding hydrogens is 372 g/mol. The highest BCUT2D eigenvalue weighted by Crippen LogP contribution is 2.36. The number of tetrazole rings is 1. The van der Waals surface area contributed by atoms with Gasteiger partial charge in [-0.05, 0) is 60.0 Å². The second kappa shape index (κ2) is 7.12. The number of piperidine rings is 1. The van der Waals surface area contributed by atoms with Crippen molar-refractivity contribution in [2.24, 2.45) is 0 Å². The van der Waals surface area contributed by atoms with Crippen molar-refractivity contribution >= 4 is 27.5 Å². The van der Waals surface area contributed by atoms with Crippen LogP contribution in [0.15, 0.2) is 54.9 Å². The standard InChI is InChI=1S/C20H18N6OS/c27-20(14-6-5-7-15(12-14)26-13-21-23-24-26)25-11-4-3-9-17(25)19-22-16-8-1-2-10-18(16)28-19/h1-2,5-8,10,12-13,17H,3-4,9,11H2/t17-/m0/s1. The van der Waals surface area contributed by atoms with Crippen molar-refractivity contribution in [1.29, 1.82) is 0 Å². The molecular formula is C20H18N6OS. The van der Waals surface area contributed by atoms with Gasteiger partial charge in [0.25, 0.3) is 5.91 Å². The van der Waals surface area contributed by atoms with Crippen molar-refractivity contribution in [2.45, 2.75) is 25.3 Å². The van der Waals surface area contributed by atoms with E-state index < -0.39 is 0 Å². The number of carbonyl (C=O) groups is 1. The fourth-order valence-electron chi connectivity index (χ4n) is 3.69. The summed E-state index contributed by atoms with van der Waals surface area (Å²) in [4.78, 5) is 20.1. The van der Waals surface area contributed by atoms with E-state index in [-0.39, 0.29) is 11.9 Å². The molecule has 1 aliphatic rings. The smallest absolute Gasteiger partial charge is 0.254 e. The van der Waals surface area contributed by atoms with E-state index in [0.29, 0.717) is 5.56 Å². The number of benzene rings is 2. The number of amides is 1. The third-order valence-corrected chi connectivity index (χ3v) is 6.20. The van der Waals surface area contributed by atoms with Crippen LogP contribution in [-0.4, -0.2) is 42.5 Å². The van der Waals surface area contributed by atoms with E-state index in [1.54, 1.807) is 16.0 Å². The van der Waals surface area contributed by atoms with Crippen molar-refractivity contribution in [3.63, 3.8) is 0 Å². The Balaban J connectivity index is 1.48. The molecule has 0 unspecified atom stereocenters. The topological polar surface area (TPSA) is 76.8 Å². The number of carbonyl (C=O) groups excluding carboxylic acids is 1. The van der Waals surface area contributed by atoms with Crippen LogP contribution in [0, 0.1) is 0 Å². The quantitative estimate of drug-likeness (QED) is 0.534. The molecule has 1 aliphatic heterocycles. The Morgan fingerprint density at radius 2 is 2.04 bits per heavy atom. The van der Waals surface area contributed by atoms with Gasteiger partial charge in [0, 0.05) is 12.1 Å². The molecule has 1 atom stereocenters. The van der Waals surface area contributed by atoms with Crippen LogP contribution in [-0.2, 0) is 0 Å². The average Bonchev–Trinajstić information content (AvgIpc) is 3.43. The Morgan fingerprint density at radius 1 is 1.11 bits per heavy atom. The molecule has 1 amide bonds. The Bertz CT molecular complexity index is 1090. The maximum absolute atomic E-state index is 13.4. The molecule has 140 valence electrons. The molecule has 0 bridgehead atoms. The largest absolute Gasteiger partial charge is 0.329 e. The molecule has 2 aromatic heterocycles.